The Balaban J connectivity index is 1.87. The van der Waals surface area contributed by atoms with Crippen molar-refractivity contribution in [3.63, 3.8) is 0 Å². The summed E-state index contributed by atoms with van der Waals surface area (Å²) >= 11 is 0. The highest BCUT2D eigenvalue weighted by molar-refractivity contribution is 5.85. The van der Waals surface area contributed by atoms with Crippen molar-refractivity contribution >= 4 is 11.7 Å². The number of benzene rings is 1. The van der Waals surface area contributed by atoms with E-state index >= 15 is 0 Å². The fourth-order valence-electron chi connectivity index (χ4n) is 2.82. The van der Waals surface area contributed by atoms with Crippen LogP contribution in [0.1, 0.15) is 34.6 Å². The Morgan fingerprint density at radius 2 is 2.00 bits per heavy atom. The summed E-state index contributed by atoms with van der Waals surface area (Å²) in [6.07, 6.45) is 3.44. The summed E-state index contributed by atoms with van der Waals surface area (Å²) < 4.78 is 0. The Morgan fingerprint density at radius 3 is 2.86 bits per heavy atom. The van der Waals surface area contributed by atoms with Gasteiger partial charge in [0, 0.05) is 12.2 Å². The summed E-state index contributed by atoms with van der Waals surface area (Å²) in [6, 6.07) is 13.6. The minimum Gasteiger partial charge on any atom is -0.477 e. The summed E-state index contributed by atoms with van der Waals surface area (Å²) in [7, 11) is 0. The second-order valence-electron chi connectivity index (χ2n) is 5.33. The molecule has 108 valence electrons. The van der Waals surface area contributed by atoms with Gasteiger partial charge in [-0.2, -0.15) is 0 Å². The first kappa shape index (κ1) is 13.6. The van der Waals surface area contributed by atoms with Gasteiger partial charge in [-0.1, -0.05) is 24.3 Å². The Kier molecular flexibility index (Phi) is 3.86. The summed E-state index contributed by atoms with van der Waals surface area (Å²) in [5.41, 5.74) is 3.52. The molecular weight excluding hydrogens is 264 g/mol. The van der Waals surface area contributed by atoms with Crippen LogP contribution in [0.5, 0.6) is 0 Å². The summed E-state index contributed by atoms with van der Waals surface area (Å²) in [5.74, 6) is -0.979. The predicted octanol–water partition coefficient (Wildman–Crippen LogP) is 3.12. The van der Waals surface area contributed by atoms with Gasteiger partial charge in [0.1, 0.15) is 5.69 Å². The fraction of sp³-hybridized carbons (Fsp3) is 0.294. The van der Waals surface area contributed by atoms with Crippen molar-refractivity contribution in [2.24, 2.45) is 0 Å². The highest BCUT2D eigenvalue weighted by atomic mass is 16.4. The highest BCUT2D eigenvalue weighted by Crippen LogP contribution is 2.27. The van der Waals surface area contributed by atoms with E-state index in [1.54, 1.807) is 6.07 Å². The van der Waals surface area contributed by atoms with Crippen LogP contribution in [0.15, 0.2) is 42.5 Å². The first-order chi connectivity index (χ1) is 10.2. The lowest BCUT2D eigenvalue weighted by Gasteiger charge is -2.24. The van der Waals surface area contributed by atoms with Gasteiger partial charge in [0.05, 0.1) is 12.2 Å². The van der Waals surface area contributed by atoms with Gasteiger partial charge in [0.2, 0.25) is 0 Å². The number of fused-ring (bicyclic) bond motifs is 1. The Morgan fingerprint density at radius 1 is 1.14 bits per heavy atom. The number of hydrogen-bond acceptors (Lipinski definition) is 3. The van der Waals surface area contributed by atoms with Crippen LogP contribution in [0.2, 0.25) is 0 Å². The van der Waals surface area contributed by atoms with Crippen molar-refractivity contribution < 1.29 is 9.90 Å². The van der Waals surface area contributed by atoms with E-state index in [0.717, 1.165) is 25.1 Å². The molecule has 0 aliphatic carbocycles. The molecule has 1 aliphatic heterocycles. The molecule has 1 aliphatic rings. The third-order valence-electron chi connectivity index (χ3n) is 3.84. The van der Waals surface area contributed by atoms with Crippen LogP contribution in [0.4, 0.5) is 5.69 Å². The number of carbonyl (C=O) groups is 1. The smallest absolute Gasteiger partial charge is 0.354 e. The number of pyridine rings is 1. The van der Waals surface area contributed by atoms with Crippen LogP contribution in [0.3, 0.4) is 0 Å². The van der Waals surface area contributed by atoms with Crippen LogP contribution < -0.4 is 4.90 Å². The van der Waals surface area contributed by atoms with Crippen molar-refractivity contribution in [3.8, 4) is 0 Å². The van der Waals surface area contributed by atoms with Gasteiger partial charge in [0.25, 0.3) is 0 Å². The van der Waals surface area contributed by atoms with Gasteiger partial charge >= 0.3 is 5.97 Å². The molecule has 4 nitrogen and oxygen atoms in total. The number of aryl methyl sites for hydroxylation is 1. The number of aromatic nitrogens is 1. The first-order valence-corrected chi connectivity index (χ1v) is 7.26. The Hall–Kier alpha value is -2.36. The number of carboxylic acids is 1. The second-order valence-corrected chi connectivity index (χ2v) is 5.33. The minimum atomic E-state index is -0.979. The molecule has 4 heteroatoms. The average molecular weight is 282 g/mol. The van der Waals surface area contributed by atoms with Gasteiger partial charge in [-0.25, -0.2) is 9.78 Å². The van der Waals surface area contributed by atoms with E-state index in [1.165, 1.54) is 23.7 Å². The monoisotopic (exact) mass is 282 g/mol. The van der Waals surface area contributed by atoms with E-state index in [4.69, 9.17) is 5.11 Å². The number of para-hydroxylation sites is 1. The number of carboxylic acid groups (broad SMARTS) is 1. The van der Waals surface area contributed by atoms with E-state index in [9.17, 15) is 4.79 Å². The molecule has 1 aromatic carbocycles. The Bertz CT molecular complexity index is 655. The lowest BCUT2D eigenvalue weighted by atomic mass is 10.1. The summed E-state index contributed by atoms with van der Waals surface area (Å²) in [4.78, 5) is 17.6. The number of rotatable bonds is 3. The van der Waals surface area contributed by atoms with Gasteiger partial charge < -0.3 is 10.0 Å². The largest absolute Gasteiger partial charge is 0.477 e. The fourth-order valence-corrected chi connectivity index (χ4v) is 2.82. The molecule has 1 aromatic heterocycles. The molecule has 2 heterocycles. The topological polar surface area (TPSA) is 53.4 Å². The van der Waals surface area contributed by atoms with Gasteiger partial charge in [-0.15, -0.1) is 0 Å². The molecule has 0 radical (unpaired) electrons. The van der Waals surface area contributed by atoms with Crippen molar-refractivity contribution in [2.75, 3.05) is 11.4 Å². The van der Waals surface area contributed by atoms with Crippen LogP contribution in [-0.4, -0.2) is 22.6 Å². The molecule has 0 amide bonds. The van der Waals surface area contributed by atoms with E-state index in [-0.39, 0.29) is 5.69 Å². The van der Waals surface area contributed by atoms with Crippen LogP contribution in [-0.2, 0) is 13.0 Å². The molecule has 3 rings (SSSR count). The van der Waals surface area contributed by atoms with E-state index in [2.05, 4.69) is 34.1 Å². The molecule has 0 spiro atoms. The maximum absolute atomic E-state index is 11.0. The van der Waals surface area contributed by atoms with Crippen LogP contribution in [0.25, 0.3) is 0 Å². The molecule has 0 saturated carbocycles. The molecule has 2 aromatic rings. The van der Waals surface area contributed by atoms with Crippen LogP contribution in [0, 0.1) is 0 Å². The summed E-state index contributed by atoms with van der Waals surface area (Å²) in [6.45, 7) is 1.63. The first-order valence-electron chi connectivity index (χ1n) is 7.26. The Labute approximate surface area is 124 Å². The van der Waals surface area contributed by atoms with Gasteiger partial charge in [-0.3, -0.25) is 0 Å². The SMILES string of the molecule is O=C(O)c1cccc(CN2CCCCc3ccccc32)n1. The van der Waals surface area contributed by atoms with E-state index in [1.807, 2.05) is 6.07 Å². The molecule has 1 N–H and O–H groups in total. The minimum absolute atomic E-state index is 0.107. The van der Waals surface area contributed by atoms with E-state index < -0.39 is 5.97 Å². The van der Waals surface area contributed by atoms with E-state index in [0.29, 0.717) is 6.54 Å². The normalized spacial score (nSPS) is 14.4. The number of hydrogen-bond donors (Lipinski definition) is 1. The number of nitrogens with zero attached hydrogens (tertiary/aromatic N) is 2. The third-order valence-corrected chi connectivity index (χ3v) is 3.84. The zero-order valence-corrected chi connectivity index (χ0v) is 11.8. The zero-order valence-electron chi connectivity index (χ0n) is 11.8. The number of anilines is 1. The summed E-state index contributed by atoms with van der Waals surface area (Å²) in [5, 5.41) is 9.04. The lowest BCUT2D eigenvalue weighted by molar-refractivity contribution is 0.0690. The highest BCUT2D eigenvalue weighted by Gasteiger charge is 2.16. The third kappa shape index (κ3) is 3.05. The predicted molar refractivity (Wildman–Crippen MR) is 81.6 cm³/mol. The van der Waals surface area contributed by atoms with Crippen molar-refractivity contribution in [1.29, 1.82) is 0 Å². The van der Waals surface area contributed by atoms with Crippen molar-refractivity contribution in [3.05, 3.63) is 59.4 Å². The second kappa shape index (κ2) is 5.95. The molecule has 21 heavy (non-hydrogen) atoms. The molecular formula is C17H18N2O2. The molecule has 0 unspecified atom stereocenters. The maximum atomic E-state index is 11.0. The molecule has 0 fully saturated rings. The quantitative estimate of drug-likeness (QED) is 0.939. The maximum Gasteiger partial charge on any atom is 0.354 e. The average Bonchev–Trinajstić information content (AvgIpc) is 2.70. The zero-order chi connectivity index (χ0) is 14.7. The molecule has 0 saturated heterocycles. The molecule has 0 atom stereocenters. The molecule has 0 bridgehead atoms. The van der Waals surface area contributed by atoms with Gasteiger partial charge in [0.15, 0.2) is 0 Å². The number of aromatic carboxylic acids is 1. The van der Waals surface area contributed by atoms with Crippen molar-refractivity contribution in [2.45, 2.75) is 25.8 Å². The van der Waals surface area contributed by atoms with Crippen LogP contribution >= 0.6 is 0 Å². The standard InChI is InChI=1S/C17H18N2O2/c20-17(21)15-9-5-8-14(18-15)12-19-11-4-3-7-13-6-1-2-10-16(13)19/h1-2,5-6,8-10H,3-4,7,11-12H2,(H,20,21). The lowest BCUT2D eigenvalue weighted by Crippen LogP contribution is -2.24. The van der Waals surface area contributed by atoms with Gasteiger partial charge in [-0.05, 0) is 43.0 Å². The van der Waals surface area contributed by atoms with Crippen molar-refractivity contribution in [1.82, 2.24) is 4.98 Å².